The van der Waals surface area contributed by atoms with Gasteiger partial charge in [-0.15, -0.1) is 0 Å². The zero-order valence-electron chi connectivity index (χ0n) is 15.2. The molecule has 146 valence electrons. The highest BCUT2D eigenvalue weighted by Crippen LogP contribution is 2.15. The minimum Gasteiger partial charge on any atom is -0.497 e. The SMILES string of the molecule is COc1ccc(NC(=O)Cn2cc(NC(=O)CN(C)S(C)(=O)=O)cn2)cc1. The Morgan fingerprint density at radius 3 is 2.37 bits per heavy atom. The summed E-state index contributed by atoms with van der Waals surface area (Å²) >= 11 is 0. The van der Waals surface area contributed by atoms with Crippen LogP contribution < -0.4 is 15.4 Å². The lowest BCUT2D eigenvalue weighted by molar-refractivity contribution is -0.117. The molecule has 0 bridgehead atoms. The van der Waals surface area contributed by atoms with Crippen LogP contribution in [0.3, 0.4) is 0 Å². The van der Waals surface area contributed by atoms with Crippen molar-refractivity contribution in [1.29, 1.82) is 0 Å². The maximum absolute atomic E-state index is 12.1. The lowest BCUT2D eigenvalue weighted by Gasteiger charge is -2.12. The molecule has 0 fully saturated rings. The van der Waals surface area contributed by atoms with Crippen molar-refractivity contribution in [2.45, 2.75) is 6.54 Å². The van der Waals surface area contributed by atoms with Gasteiger partial charge in [0.1, 0.15) is 12.3 Å². The molecule has 0 radical (unpaired) electrons. The third-order valence-corrected chi connectivity index (χ3v) is 4.79. The number of ether oxygens (including phenoxy) is 1. The van der Waals surface area contributed by atoms with Gasteiger partial charge >= 0.3 is 0 Å². The second kappa shape index (κ2) is 8.64. The van der Waals surface area contributed by atoms with Crippen molar-refractivity contribution in [1.82, 2.24) is 14.1 Å². The number of rotatable bonds is 8. The minimum atomic E-state index is -3.44. The number of methoxy groups -OCH3 is 1. The Morgan fingerprint density at radius 2 is 1.78 bits per heavy atom. The van der Waals surface area contributed by atoms with Crippen molar-refractivity contribution in [2.24, 2.45) is 0 Å². The van der Waals surface area contributed by atoms with E-state index in [0.717, 1.165) is 10.6 Å². The van der Waals surface area contributed by atoms with Crippen LogP contribution in [-0.4, -0.2) is 61.3 Å². The molecule has 1 aromatic heterocycles. The zero-order chi connectivity index (χ0) is 20.0. The largest absolute Gasteiger partial charge is 0.497 e. The highest BCUT2D eigenvalue weighted by atomic mass is 32.2. The quantitative estimate of drug-likeness (QED) is 0.665. The lowest BCUT2D eigenvalue weighted by Crippen LogP contribution is -2.34. The molecule has 11 heteroatoms. The predicted octanol–water partition coefficient (Wildman–Crippen LogP) is 0.360. The molecule has 27 heavy (non-hydrogen) atoms. The molecule has 2 aromatic rings. The molecule has 0 saturated carbocycles. The van der Waals surface area contributed by atoms with Gasteiger partial charge in [0.05, 0.1) is 31.8 Å². The van der Waals surface area contributed by atoms with E-state index in [-0.39, 0.29) is 19.0 Å². The first-order chi connectivity index (χ1) is 12.7. The smallest absolute Gasteiger partial charge is 0.246 e. The van der Waals surface area contributed by atoms with Crippen LogP contribution in [0.15, 0.2) is 36.7 Å². The Kier molecular flexibility index (Phi) is 6.53. The van der Waals surface area contributed by atoms with Crippen LogP contribution in [0, 0.1) is 0 Å². The molecule has 0 atom stereocenters. The number of nitrogens with zero attached hydrogens (tertiary/aromatic N) is 3. The maximum atomic E-state index is 12.1. The monoisotopic (exact) mass is 395 g/mol. The summed E-state index contributed by atoms with van der Waals surface area (Å²) in [7, 11) is -0.580. The average Bonchev–Trinajstić information content (AvgIpc) is 3.01. The Hall–Kier alpha value is -2.92. The molecule has 0 aliphatic rings. The van der Waals surface area contributed by atoms with Crippen molar-refractivity contribution in [3.8, 4) is 5.75 Å². The second-order valence-corrected chi connectivity index (χ2v) is 7.86. The third kappa shape index (κ3) is 6.38. The van der Waals surface area contributed by atoms with Gasteiger partial charge in [-0.25, -0.2) is 8.42 Å². The van der Waals surface area contributed by atoms with Crippen molar-refractivity contribution in [3.05, 3.63) is 36.7 Å². The molecule has 1 heterocycles. The van der Waals surface area contributed by atoms with Crippen LogP contribution in [0.2, 0.25) is 0 Å². The summed E-state index contributed by atoms with van der Waals surface area (Å²) in [5, 5.41) is 9.24. The number of amides is 2. The number of benzene rings is 1. The number of hydrogen-bond donors (Lipinski definition) is 2. The van der Waals surface area contributed by atoms with Crippen LogP contribution in [0.1, 0.15) is 0 Å². The van der Waals surface area contributed by atoms with Crippen LogP contribution in [0.25, 0.3) is 0 Å². The first-order valence-electron chi connectivity index (χ1n) is 7.85. The zero-order valence-corrected chi connectivity index (χ0v) is 16.0. The summed E-state index contributed by atoms with van der Waals surface area (Å²) in [6.45, 7) is -0.368. The van der Waals surface area contributed by atoms with Gasteiger partial charge in [0.25, 0.3) is 0 Å². The van der Waals surface area contributed by atoms with Gasteiger partial charge < -0.3 is 15.4 Å². The summed E-state index contributed by atoms with van der Waals surface area (Å²) in [6.07, 6.45) is 3.87. The van der Waals surface area contributed by atoms with E-state index in [0.29, 0.717) is 17.1 Å². The number of carbonyl (C=O) groups is 2. The molecule has 1 aromatic carbocycles. The lowest BCUT2D eigenvalue weighted by atomic mass is 10.3. The van der Waals surface area contributed by atoms with Crippen LogP contribution in [0.4, 0.5) is 11.4 Å². The topological polar surface area (TPSA) is 123 Å². The van der Waals surface area contributed by atoms with Gasteiger partial charge in [0.2, 0.25) is 21.8 Å². The maximum Gasteiger partial charge on any atom is 0.246 e. The van der Waals surface area contributed by atoms with Crippen LogP contribution in [-0.2, 0) is 26.2 Å². The fourth-order valence-electron chi connectivity index (χ4n) is 2.06. The number of nitrogens with one attached hydrogen (secondary N) is 2. The van der Waals surface area contributed by atoms with E-state index in [1.165, 1.54) is 24.1 Å². The van der Waals surface area contributed by atoms with Crippen LogP contribution >= 0.6 is 0 Å². The van der Waals surface area contributed by atoms with E-state index >= 15 is 0 Å². The van der Waals surface area contributed by atoms with E-state index in [4.69, 9.17) is 4.74 Å². The molecule has 0 aliphatic carbocycles. The predicted molar refractivity (Wildman–Crippen MR) is 100.0 cm³/mol. The number of hydrogen-bond acceptors (Lipinski definition) is 6. The number of anilines is 2. The van der Waals surface area contributed by atoms with E-state index in [1.54, 1.807) is 31.4 Å². The third-order valence-electron chi connectivity index (χ3n) is 3.53. The van der Waals surface area contributed by atoms with Gasteiger partial charge in [-0.3, -0.25) is 14.3 Å². The van der Waals surface area contributed by atoms with Gasteiger partial charge in [0.15, 0.2) is 0 Å². The minimum absolute atomic E-state index is 0.0505. The molecule has 0 saturated heterocycles. The van der Waals surface area contributed by atoms with Gasteiger partial charge in [0, 0.05) is 18.9 Å². The fraction of sp³-hybridized carbons (Fsp3) is 0.312. The molecule has 0 spiro atoms. The molecule has 10 nitrogen and oxygen atoms in total. The first kappa shape index (κ1) is 20.4. The van der Waals surface area contributed by atoms with E-state index in [1.807, 2.05) is 0 Å². The summed E-state index contributed by atoms with van der Waals surface area (Å²) in [4.78, 5) is 23.9. The Balaban J connectivity index is 1.87. The van der Waals surface area contributed by atoms with Crippen molar-refractivity contribution < 1.29 is 22.7 Å². The highest BCUT2D eigenvalue weighted by Gasteiger charge is 2.15. The number of aromatic nitrogens is 2. The summed E-state index contributed by atoms with van der Waals surface area (Å²) < 4.78 is 29.9. The second-order valence-electron chi connectivity index (χ2n) is 5.77. The Labute approximate surface area is 157 Å². The molecular weight excluding hydrogens is 374 g/mol. The van der Waals surface area contributed by atoms with Crippen molar-refractivity contribution >= 4 is 33.2 Å². The summed E-state index contributed by atoms with van der Waals surface area (Å²) in [6, 6.07) is 6.88. The summed E-state index contributed by atoms with van der Waals surface area (Å²) in [5.74, 6) is -0.120. The van der Waals surface area contributed by atoms with E-state index in [9.17, 15) is 18.0 Å². The van der Waals surface area contributed by atoms with Crippen LogP contribution in [0.5, 0.6) is 5.75 Å². The average molecular weight is 395 g/mol. The van der Waals surface area contributed by atoms with E-state index < -0.39 is 15.9 Å². The van der Waals surface area contributed by atoms with E-state index in [2.05, 4.69) is 15.7 Å². The first-order valence-corrected chi connectivity index (χ1v) is 9.69. The summed E-state index contributed by atoms with van der Waals surface area (Å²) in [5.41, 5.74) is 0.976. The number of sulfonamides is 1. The van der Waals surface area contributed by atoms with Gasteiger partial charge in [-0.2, -0.15) is 9.40 Å². The fourth-order valence-corrected chi connectivity index (χ4v) is 2.41. The Bertz CT molecular complexity index is 908. The van der Waals surface area contributed by atoms with Crippen molar-refractivity contribution in [2.75, 3.05) is 37.6 Å². The van der Waals surface area contributed by atoms with Crippen molar-refractivity contribution in [3.63, 3.8) is 0 Å². The normalized spacial score (nSPS) is 11.3. The number of carbonyl (C=O) groups excluding carboxylic acids is 2. The Morgan fingerprint density at radius 1 is 1.15 bits per heavy atom. The van der Waals surface area contributed by atoms with Gasteiger partial charge in [-0.05, 0) is 24.3 Å². The highest BCUT2D eigenvalue weighted by molar-refractivity contribution is 7.88. The molecule has 0 aliphatic heterocycles. The molecule has 2 rings (SSSR count). The molecule has 2 N–H and O–H groups in total. The standard InChI is InChI=1S/C16H21N5O5S/c1-20(27(3,24)25)10-15(22)19-13-8-17-21(9-13)11-16(23)18-12-4-6-14(26-2)7-5-12/h4-9H,10-11H2,1-3H3,(H,18,23)(H,19,22). The molecular formula is C16H21N5O5S. The number of likely N-dealkylation sites (N-methyl/N-ethyl adjacent to an activating group) is 1. The van der Waals surface area contributed by atoms with Gasteiger partial charge in [-0.1, -0.05) is 0 Å². The molecule has 2 amide bonds. The molecule has 0 unspecified atom stereocenters.